The highest BCUT2D eigenvalue weighted by molar-refractivity contribution is 6.06. The second-order valence-electron chi connectivity index (χ2n) is 8.54. The lowest BCUT2D eigenvalue weighted by Crippen LogP contribution is -2.44. The number of nitrogens with one attached hydrogen (secondary N) is 2. The van der Waals surface area contributed by atoms with Crippen molar-refractivity contribution in [2.75, 3.05) is 33.3 Å². The van der Waals surface area contributed by atoms with E-state index in [1.165, 1.54) is 16.0 Å². The van der Waals surface area contributed by atoms with Gasteiger partial charge in [-0.3, -0.25) is 19.5 Å². The van der Waals surface area contributed by atoms with Gasteiger partial charge in [-0.25, -0.2) is 0 Å². The van der Waals surface area contributed by atoms with Crippen molar-refractivity contribution < 1.29 is 14.3 Å². The number of guanidine groups is 1. The van der Waals surface area contributed by atoms with E-state index in [1.54, 1.807) is 7.05 Å². The predicted molar refractivity (Wildman–Crippen MR) is 113 cm³/mol. The Kier molecular flexibility index (Phi) is 4.97. The zero-order chi connectivity index (χ0) is 20.7. The molecule has 2 fully saturated rings. The van der Waals surface area contributed by atoms with Crippen molar-refractivity contribution in [3.05, 3.63) is 41.5 Å². The van der Waals surface area contributed by atoms with Crippen LogP contribution in [0.15, 0.2) is 35.3 Å². The molecule has 4 aliphatic rings. The van der Waals surface area contributed by atoms with Crippen LogP contribution < -0.4 is 15.4 Å². The number of carbonyl (C=O) groups excluding carboxylic acids is 2. The van der Waals surface area contributed by atoms with Gasteiger partial charge in [-0.15, -0.1) is 0 Å². The number of nitrogens with zero attached hydrogens (tertiary/aromatic N) is 2. The van der Waals surface area contributed by atoms with Gasteiger partial charge in [-0.1, -0.05) is 24.3 Å². The third kappa shape index (κ3) is 3.26. The topological polar surface area (TPSA) is 83.0 Å². The summed E-state index contributed by atoms with van der Waals surface area (Å²) in [6.45, 7) is 2.40. The fourth-order valence-electron chi connectivity index (χ4n) is 5.41. The lowest BCUT2D eigenvalue weighted by Gasteiger charge is -2.18. The number of ether oxygens (including phenoxy) is 1. The van der Waals surface area contributed by atoms with Crippen LogP contribution in [0.3, 0.4) is 0 Å². The van der Waals surface area contributed by atoms with Crippen molar-refractivity contribution in [2.24, 2.45) is 28.7 Å². The average molecular weight is 409 g/mol. The van der Waals surface area contributed by atoms with Crippen LogP contribution in [0.25, 0.3) is 0 Å². The molecule has 2 amide bonds. The first kappa shape index (κ1) is 19.2. The first-order chi connectivity index (χ1) is 14.7. The van der Waals surface area contributed by atoms with Crippen molar-refractivity contribution in [2.45, 2.75) is 19.3 Å². The fourth-order valence-corrected chi connectivity index (χ4v) is 5.41. The third-order valence-electron chi connectivity index (χ3n) is 6.87. The molecule has 7 heteroatoms. The van der Waals surface area contributed by atoms with E-state index in [9.17, 15) is 9.59 Å². The van der Waals surface area contributed by atoms with E-state index in [4.69, 9.17) is 4.74 Å². The molecule has 0 spiro atoms. The van der Waals surface area contributed by atoms with Crippen LogP contribution in [0.1, 0.15) is 17.5 Å². The summed E-state index contributed by atoms with van der Waals surface area (Å²) in [4.78, 5) is 31.2. The van der Waals surface area contributed by atoms with Gasteiger partial charge in [0.05, 0.1) is 18.4 Å². The van der Waals surface area contributed by atoms with Crippen molar-refractivity contribution in [3.63, 3.8) is 0 Å². The highest BCUT2D eigenvalue weighted by atomic mass is 16.5. The van der Waals surface area contributed by atoms with E-state index in [0.717, 1.165) is 38.2 Å². The van der Waals surface area contributed by atoms with Crippen LogP contribution in [0.5, 0.6) is 5.75 Å². The molecule has 0 radical (unpaired) electrons. The highest BCUT2D eigenvalue weighted by Crippen LogP contribution is 2.52. The number of allylic oxidation sites excluding steroid dienone is 2. The van der Waals surface area contributed by atoms with Gasteiger partial charge >= 0.3 is 0 Å². The molecule has 1 saturated carbocycles. The summed E-state index contributed by atoms with van der Waals surface area (Å²) >= 11 is 0. The Morgan fingerprint density at radius 3 is 2.60 bits per heavy atom. The molecule has 4 atom stereocenters. The lowest BCUT2D eigenvalue weighted by molar-refractivity contribution is -0.140. The second kappa shape index (κ2) is 7.78. The van der Waals surface area contributed by atoms with Gasteiger partial charge in [0.1, 0.15) is 5.75 Å². The molecule has 158 valence electrons. The Morgan fingerprint density at radius 1 is 1.13 bits per heavy atom. The van der Waals surface area contributed by atoms with Crippen LogP contribution in [0, 0.1) is 23.7 Å². The second-order valence-corrected chi connectivity index (χ2v) is 8.54. The quantitative estimate of drug-likeness (QED) is 0.319. The molecule has 1 aromatic rings. The highest BCUT2D eigenvalue weighted by Gasteiger charge is 2.58. The van der Waals surface area contributed by atoms with Gasteiger partial charge in [0.15, 0.2) is 5.96 Å². The lowest BCUT2D eigenvalue weighted by atomic mass is 9.85. The Balaban J connectivity index is 1.08. The number of carbonyl (C=O) groups is 2. The Hall–Kier alpha value is -2.83. The number of benzene rings is 1. The zero-order valence-corrected chi connectivity index (χ0v) is 17.3. The largest absolute Gasteiger partial charge is 0.493 e. The van der Waals surface area contributed by atoms with Gasteiger partial charge < -0.3 is 15.4 Å². The molecular formula is C23H28N4O3. The minimum atomic E-state index is -0.123. The number of likely N-dealkylation sites (tertiary alicyclic amines) is 1. The number of amides is 2. The molecule has 1 saturated heterocycles. The maximum absolute atomic E-state index is 12.7. The maximum atomic E-state index is 12.7. The molecule has 2 aliphatic heterocycles. The zero-order valence-electron chi connectivity index (χ0n) is 17.3. The van der Waals surface area contributed by atoms with Crippen LogP contribution in [-0.4, -0.2) is 56.0 Å². The van der Waals surface area contributed by atoms with E-state index in [0.29, 0.717) is 19.0 Å². The van der Waals surface area contributed by atoms with E-state index in [-0.39, 0.29) is 35.5 Å². The summed E-state index contributed by atoms with van der Waals surface area (Å²) < 4.78 is 5.55. The number of hydrogen-bond acceptors (Lipinski definition) is 4. The summed E-state index contributed by atoms with van der Waals surface area (Å²) in [5.41, 5.74) is 2.55. The molecule has 1 aromatic carbocycles. The molecule has 0 aromatic heterocycles. The van der Waals surface area contributed by atoms with Crippen molar-refractivity contribution >= 4 is 17.8 Å². The number of rotatable bonds is 6. The van der Waals surface area contributed by atoms with Gasteiger partial charge in [-0.05, 0) is 41.9 Å². The Morgan fingerprint density at radius 2 is 1.87 bits per heavy atom. The molecule has 2 N–H and O–H groups in total. The maximum Gasteiger partial charge on any atom is 0.233 e. The first-order valence-corrected chi connectivity index (χ1v) is 10.9. The molecule has 7 nitrogen and oxygen atoms in total. The number of fused-ring (bicyclic) bond motifs is 6. The van der Waals surface area contributed by atoms with Crippen molar-refractivity contribution in [1.82, 2.24) is 15.5 Å². The average Bonchev–Trinajstić information content (AvgIpc) is 3.52. The molecule has 30 heavy (non-hydrogen) atoms. The van der Waals surface area contributed by atoms with E-state index in [2.05, 4.69) is 39.9 Å². The van der Waals surface area contributed by atoms with E-state index in [1.807, 2.05) is 6.07 Å². The van der Waals surface area contributed by atoms with Gasteiger partial charge in [0.2, 0.25) is 11.8 Å². The molecule has 5 rings (SSSR count). The van der Waals surface area contributed by atoms with Crippen molar-refractivity contribution in [1.29, 1.82) is 0 Å². The van der Waals surface area contributed by atoms with Crippen LogP contribution in [-0.2, 0) is 22.4 Å². The molecule has 2 heterocycles. The summed E-state index contributed by atoms with van der Waals surface area (Å²) in [7, 11) is 1.72. The Labute approximate surface area is 176 Å². The predicted octanol–water partition coefficient (Wildman–Crippen LogP) is 1.14. The van der Waals surface area contributed by atoms with Crippen LogP contribution in [0.2, 0.25) is 0 Å². The monoisotopic (exact) mass is 408 g/mol. The SMILES string of the molecule is CN=C(NCCc1ccc2c(c1)CCO2)NCCN1C(=O)C2C3C=CC(C3)C2C1=O. The summed E-state index contributed by atoms with van der Waals surface area (Å²) in [6, 6.07) is 6.36. The summed E-state index contributed by atoms with van der Waals surface area (Å²) in [5.74, 6) is 1.97. The van der Waals surface area contributed by atoms with Crippen molar-refractivity contribution in [3.8, 4) is 5.75 Å². The van der Waals surface area contributed by atoms with Gasteiger partial charge in [-0.2, -0.15) is 0 Å². The van der Waals surface area contributed by atoms with Gasteiger partial charge in [0, 0.05) is 33.1 Å². The minimum absolute atomic E-state index is 0.00665. The Bertz CT molecular complexity index is 895. The van der Waals surface area contributed by atoms with Crippen LogP contribution >= 0.6 is 0 Å². The smallest absolute Gasteiger partial charge is 0.233 e. The molecular weight excluding hydrogens is 380 g/mol. The summed E-state index contributed by atoms with van der Waals surface area (Å²) in [5, 5.41) is 6.53. The first-order valence-electron chi connectivity index (χ1n) is 10.9. The third-order valence-corrected chi connectivity index (χ3v) is 6.87. The molecule has 2 bridgehead atoms. The number of hydrogen-bond donors (Lipinski definition) is 2. The number of imide groups is 1. The molecule has 2 aliphatic carbocycles. The van der Waals surface area contributed by atoms with E-state index < -0.39 is 0 Å². The van der Waals surface area contributed by atoms with E-state index >= 15 is 0 Å². The standard InChI is InChI=1S/C23H28N4O3/c1-24-23(25-8-6-14-2-5-18-15(12-14)7-11-30-18)26-9-10-27-21(28)19-16-3-4-17(13-16)20(19)22(27)29/h2-5,12,16-17,19-20H,6-11,13H2,1H3,(H2,24,25,26). The minimum Gasteiger partial charge on any atom is -0.493 e. The van der Waals surface area contributed by atoms with Gasteiger partial charge in [0.25, 0.3) is 0 Å². The van der Waals surface area contributed by atoms with Crippen LogP contribution in [0.4, 0.5) is 0 Å². The molecule has 4 unspecified atom stereocenters. The number of aliphatic imine (C=N–C) groups is 1. The summed E-state index contributed by atoms with van der Waals surface area (Å²) in [6.07, 6.45) is 7.08. The fraction of sp³-hybridized carbons (Fsp3) is 0.522. The normalized spacial score (nSPS) is 28.7.